The molecule has 2 nitrogen and oxygen atoms in total. The van der Waals surface area contributed by atoms with Crippen molar-refractivity contribution in [2.45, 2.75) is 37.5 Å². The van der Waals surface area contributed by atoms with Gasteiger partial charge in [-0.05, 0) is 173 Å². The summed E-state index contributed by atoms with van der Waals surface area (Å²) >= 11 is 1.87. The number of hydrogen-bond acceptors (Lipinski definition) is 2. The molecule has 16 rings (SSSR count). The van der Waals surface area contributed by atoms with Crippen LogP contribution in [0.1, 0.15) is 43.2 Å². The van der Waals surface area contributed by atoms with Gasteiger partial charge in [-0.15, -0.1) is 11.3 Å². The lowest BCUT2D eigenvalue weighted by Crippen LogP contribution is -2.55. The Labute approximate surface area is 395 Å². The van der Waals surface area contributed by atoms with Gasteiger partial charge < -0.3 is 9.47 Å². The van der Waals surface area contributed by atoms with Crippen molar-refractivity contribution in [2.24, 2.45) is 23.7 Å². The zero-order chi connectivity index (χ0) is 43.8. The Hall–Kier alpha value is -7.20. The van der Waals surface area contributed by atoms with E-state index in [9.17, 15) is 0 Å². The number of aromatic nitrogens is 1. The first-order chi connectivity index (χ1) is 33.2. The predicted molar refractivity (Wildman–Crippen MR) is 282 cm³/mol. The molecule has 0 unspecified atom stereocenters. The van der Waals surface area contributed by atoms with E-state index in [-0.39, 0.29) is 5.41 Å². The number of thiophene rings is 1. The molecule has 3 heteroatoms. The maximum absolute atomic E-state index is 2.56. The highest BCUT2D eigenvalue weighted by Crippen LogP contribution is 2.69. The van der Waals surface area contributed by atoms with E-state index in [2.05, 4.69) is 216 Å². The molecular formula is C64H48N2S. The highest BCUT2D eigenvalue weighted by molar-refractivity contribution is 7.25. The van der Waals surface area contributed by atoms with Gasteiger partial charge in [-0.1, -0.05) is 133 Å². The number of anilines is 3. The monoisotopic (exact) mass is 876 g/mol. The molecule has 5 aliphatic rings. The molecule has 0 radical (unpaired) electrons. The predicted octanol–water partition coefficient (Wildman–Crippen LogP) is 17.7. The summed E-state index contributed by atoms with van der Waals surface area (Å²) in [5, 5.41) is 5.12. The molecule has 4 fully saturated rings. The number of hydrogen-bond donors (Lipinski definition) is 0. The van der Waals surface area contributed by atoms with Crippen LogP contribution in [-0.2, 0) is 5.41 Å². The summed E-state index contributed by atoms with van der Waals surface area (Å²) in [6.07, 6.45) is 7.11. The van der Waals surface area contributed by atoms with Gasteiger partial charge in [0.25, 0.3) is 0 Å². The van der Waals surface area contributed by atoms with E-state index in [0.29, 0.717) is 0 Å². The van der Waals surface area contributed by atoms with Crippen LogP contribution in [0.4, 0.5) is 17.1 Å². The lowest BCUT2D eigenvalue weighted by molar-refractivity contribution is -0.0399. The van der Waals surface area contributed by atoms with Crippen LogP contribution in [0, 0.1) is 23.7 Å². The first-order valence-corrected chi connectivity index (χ1v) is 25.2. The Kier molecular flexibility index (Phi) is 8.16. The highest BCUT2D eigenvalue weighted by atomic mass is 32.1. The minimum atomic E-state index is 0.181. The first kappa shape index (κ1) is 38.0. The van der Waals surface area contributed by atoms with Crippen molar-refractivity contribution in [3.8, 4) is 39.1 Å². The van der Waals surface area contributed by atoms with Gasteiger partial charge in [0.05, 0.1) is 11.0 Å². The molecule has 2 heterocycles. The molecule has 5 aliphatic carbocycles. The van der Waals surface area contributed by atoms with Crippen LogP contribution >= 0.6 is 11.3 Å². The van der Waals surface area contributed by atoms with Crippen LogP contribution in [-0.4, -0.2) is 4.57 Å². The van der Waals surface area contributed by atoms with Crippen LogP contribution in [0.3, 0.4) is 0 Å². The molecular weight excluding hydrogens is 829 g/mol. The lowest BCUT2D eigenvalue weighted by Gasteiger charge is -2.61. The largest absolute Gasteiger partial charge is 0.310 e. The zero-order valence-electron chi connectivity index (χ0n) is 37.3. The van der Waals surface area contributed by atoms with Crippen molar-refractivity contribution >= 4 is 70.4 Å². The molecule has 320 valence electrons. The summed E-state index contributed by atoms with van der Waals surface area (Å²) in [5.74, 6) is 3.41. The SMILES string of the molecule is c1ccc(-c2ccc(N(c3ccc4c(c3)sc3ccccc34)c3ccc4c(c3)c3ccc(-c5ccc6c(c5)-c5ccccc5C65C6CC7CC(C6)CC5C7)cc3n4-c3ccccc3)cc2)cc1. The maximum atomic E-state index is 2.56. The molecule has 0 saturated heterocycles. The Balaban J connectivity index is 0.890. The fourth-order valence-electron chi connectivity index (χ4n) is 14.3. The van der Waals surface area contributed by atoms with E-state index >= 15 is 0 Å². The molecule has 4 saturated carbocycles. The minimum Gasteiger partial charge on any atom is -0.310 e. The Morgan fingerprint density at radius 3 is 1.81 bits per heavy atom. The molecule has 9 aromatic carbocycles. The van der Waals surface area contributed by atoms with Crippen LogP contribution in [0.25, 0.3) is 81.0 Å². The minimum absolute atomic E-state index is 0.181. The van der Waals surface area contributed by atoms with E-state index in [1.54, 1.807) is 11.1 Å². The number of para-hydroxylation sites is 1. The van der Waals surface area contributed by atoms with Crippen molar-refractivity contribution in [1.82, 2.24) is 4.57 Å². The zero-order valence-corrected chi connectivity index (χ0v) is 38.1. The second-order valence-electron chi connectivity index (χ2n) is 20.1. The second kappa shape index (κ2) is 14.4. The van der Waals surface area contributed by atoms with Gasteiger partial charge in [-0.25, -0.2) is 0 Å². The summed E-state index contributed by atoms with van der Waals surface area (Å²) in [4.78, 5) is 2.44. The summed E-state index contributed by atoms with van der Waals surface area (Å²) < 4.78 is 5.09. The molecule has 0 N–H and O–H groups in total. The third kappa shape index (κ3) is 5.55. The second-order valence-corrected chi connectivity index (χ2v) is 21.2. The van der Waals surface area contributed by atoms with Crippen molar-refractivity contribution in [3.63, 3.8) is 0 Å². The molecule has 0 amide bonds. The summed E-state index contributed by atoms with van der Waals surface area (Å²) in [6, 6.07) is 77.9. The van der Waals surface area contributed by atoms with Crippen LogP contribution in [0.2, 0.25) is 0 Å². The molecule has 4 bridgehead atoms. The van der Waals surface area contributed by atoms with Gasteiger partial charge in [0.15, 0.2) is 0 Å². The average molecular weight is 877 g/mol. The summed E-state index contributed by atoms with van der Waals surface area (Å²) in [5.41, 5.74) is 18.4. The van der Waals surface area contributed by atoms with Crippen molar-refractivity contribution in [3.05, 3.63) is 217 Å². The molecule has 1 spiro atoms. The van der Waals surface area contributed by atoms with Gasteiger partial charge in [-0.3, -0.25) is 0 Å². The maximum Gasteiger partial charge on any atom is 0.0547 e. The average Bonchev–Trinajstić information content (AvgIpc) is 4.02. The Bertz CT molecular complexity index is 3740. The lowest BCUT2D eigenvalue weighted by atomic mass is 9.43. The smallest absolute Gasteiger partial charge is 0.0547 e. The molecule has 0 atom stereocenters. The van der Waals surface area contributed by atoms with Gasteiger partial charge in [0.1, 0.15) is 0 Å². The summed E-state index contributed by atoms with van der Waals surface area (Å²) in [6.45, 7) is 0. The van der Waals surface area contributed by atoms with Crippen molar-refractivity contribution in [1.29, 1.82) is 0 Å². The van der Waals surface area contributed by atoms with Crippen molar-refractivity contribution < 1.29 is 0 Å². The van der Waals surface area contributed by atoms with E-state index in [0.717, 1.165) is 40.7 Å². The van der Waals surface area contributed by atoms with Gasteiger partial charge >= 0.3 is 0 Å². The quantitative estimate of drug-likeness (QED) is 0.162. The van der Waals surface area contributed by atoms with Gasteiger partial charge in [0.2, 0.25) is 0 Å². The third-order valence-corrected chi connectivity index (χ3v) is 17.9. The van der Waals surface area contributed by atoms with E-state index in [4.69, 9.17) is 0 Å². The van der Waals surface area contributed by atoms with Crippen LogP contribution < -0.4 is 4.90 Å². The van der Waals surface area contributed by atoms with Crippen LogP contribution in [0.5, 0.6) is 0 Å². The Morgan fingerprint density at radius 1 is 0.388 bits per heavy atom. The number of rotatable bonds is 6. The first-order valence-electron chi connectivity index (χ1n) is 24.4. The normalized spacial score (nSPS) is 21.2. The van der Waals surface area contributed by atoms with E-state index < -0.39 is 0 Å². The fraction of sp³-hybridized carbons (Fsp3) is 0.156. The van der Waals surface area contributed by atoms with Gasteiger partial charge in [0, 0.05) is 59.1 Å². The standard InChI is InChI=1S/C64H48N2S/c1-3-11-42(12-4-1)43-19-23-49(24-20-43)65(51-25-28-55-54-16-8-10-18-62(54)67-63(55)39-51)50-26-30-60-57(38-50)53-27-21-45(37-61(53)66(60)48-13-5-2-6-14-48)44-22-29-59-56(36-44)52-15-7-9-17-58(52)64(59)46-32-40-31-41(34-46)35-47(64)33-40/h1-30,36-41,46-47H,31-35H2. The van der Waals surface area contributed by atoms with E-state index in [1.165, 1.54) is 113 Å². The van der Waals surface area contributed by atoms with Crippen molar-refractivity contribution in [2.75, 3.05) is 4.90 Å². The van der Waals surface area contributed by atoms with Crippen LogP contribution in [0.15, 0.2) is 206 Å². The number of fused-ring (bicyclic) bond motifs is 9. The molecule has 11 aromatic rings. The molecule has 0 aliphatic heterocycles. The third-order valence-electron chi connectivity index (χ3n) is 16.8. The summed E-state index contributed by atoms with van der Waals surface area (Å²) in [7, 11) is 0. The number of benzene rings is 9. The van der Waals surface area contributed by atoms with E-state index in [1.807, 2.05) is 11.3 Å². The molecule has 2 aromatic heterocycles. The topological polar surface area (TPSA) is 8.17 Å². The van der Waals surface area contributed by atoms with Gasteiger partial charge in [-0.2, -0.15) is 0 Å². The fourth-order valence-corrected chi connectivity index (χ4v) is 15.4. The molecule has 67 heavy (non-hydrogen) atoms. The Morgan fingerprint density at radius 2 is 0.985 bits per heavy atom. The number of nitrogens with zero attached hydrogens (tertiary/aromatic N) is 2. The highest BCUT2D eigenvalue weighted by Gasteiger charge is 2.61.